The zero-order valence-electron chi connectivity index (χ0n) is 13.6. The molecule has 0 spiro atoms. The molecule has 0 aromatic heterocycles. The molecule has 3 heteroatoms. The quantitative estimate of drug-likeness (QED) is 0.919. The van der Waals surface area contributed by atoms with E-state index in [9.17, 15) is 4.79 Å². The van der Waals surface area contributed by atoms with E-state index in [-0.39, 0.29) is 12.5 Å². The van der Waals surface area contributed by atoms with Gasteiger partial charge in [0.25, 0.3) is 5.91 Å². The molecule has 2 rings (SSSR count). The summed E-state index contributed by atoms with van der Waals surface area (Å²) >= 11 is 0. The van der Waals surface area contributed by atoms with E-state index >= 15 is 0 Å². The van der Waals surface area contributed by atoms with Gasteiger partial charge in [0.15, 0.2) is 6.61 Å². The number of ether oxygens (including phenoxy) is 1. The van der Waals surface area contributed by atoms with E-state index in [1.807, 2.05) is 26.0 Å². The average Bonchev–Trinajstić information content (AvgIpc) is 2.41. The van der Waals surface area contributed by atoms with E-state index in [1.54, 1.807) is 0 Å². The third-order valence-electron chi connectivity index (χ3n) is 4.62. The topological polar surface area (TPSA) is 38.3 Å². The standard InChI is InChI=1S/C18H27NO2/c1-12-8-13(2)10-16(9-12)21-11-18(20)19-17-7-5-6-14(3)15(17)4/h8-10,14-15,17H,5-7,11H2,1-4H3,(H,19,20)/t14-,15+,17-/m1/s1. The lowest BCUT2D eigenvalue weighted by atomic mass is 9.78. The van der Waals surface area contributed by atoms with Crippen LogP contribution in [0, 0.1) is 25.7 Å². The molecule has 0 bridgehead atoms. The molecule has 116 valence electrons. The summed E-state index contributed by atoms with van der Waals surface area (Å²) in [5, 5.41) is 3.13. The number of rotatable bonds is 4. The van der Waals surface area contributed by atoms with E-state index in [0.717, 1.165) is 23.3 Å². The van der Waals surface area contributed by atoms with Crippen LogP contribution in [-0.2, 0) is 4.79 Å². The lowest BCUT2D eigenvalue weighted by molar-refractivity contribution is -0.124. The van der Waals surface area contributed by atoms with Crippen molar-refractivity contribution in [2.45, 2.75) is 53.0 Å². The first kappa shape index (κ1) is 15.9. The van der Waals surface area contributed by atoms with E-state index in [1.165, 1.54) is 12.8 Å². The molecule has 1 aromatic carbocycles. The van der Waals surface area contributed by atoms with Crippen molar-refractivity contribution in [2.24, 2.45) is 11.8 Å². The van der Waals surface area contributed by atoms with Crippen LogP contribution in [0.1, 0.15) is 44.2 Å². The SMILES string of the molecule is Cc1cc(C)cc(OCC(=O)N[C@@H]2CCC[C@@H](C)[C@@H]2C)c1. The third-order valence-corrected chi connectivity index (χ3v) is 4.62. The van der Waals surface area contributed by atoms with Gasteiger partial charge in [-0.2, -0.15) is 0 Å². The molecular weight excluding hydrogens is 262 g/mol. The first-order valence-electron chi connectivity index (χ1n) is 7.96. The van der Waals surface area contributed by atoms with Gasteiger partial charge in [0.2, 0.25) is 0 Å². The first-order chi connectivity index (χ1) is 9.95. The number of carbonyl (C=O) groups is 1. The number of amides is 1. The van der Waals surface area contributed by atoms with E-state index < -0.39 is 0 Å². The Labute approximate surface area is 128 Å². The number of carbonyl (C=O) groups excluding carboxylic acids is 1. The highest BCUT2D eigenvalue weighted by Gasteiger charge is 2.28. The minimum Gasteiger partial charge on any atom is -0.484 e. The fourth-order valence-electron chi connectivity index (χ4n) is 3.20. The number of hydrogen-bond acceptors (Lipinski definition) is 2. The van der Waals surface area contributed by atoms with Crippen LogP contribution < -0.4 is 10.1 Å². The molecule has 1 aliphatic rings. The predicted molar refractivity (Wildman–Crippen MR) is 85.5 cm³/mol. The van der Waals surface area contributed by atoms with Crippen molar-refractivity contribution in [1.29, 1.82) is 0 Å². The van der Waals surface area contributed by atoms with Crippen molar-refractivity contribution in [2.75, 3.05) is 6.61 Å². The Balaban J connectivity index is 1.84. The monoisotopic (exact) mass is 289 g/mol. The maximum absolute atomic E-state index is 12.1. The molecule has 1 amide bonds. The normalized spacial score (nSPS) is 25.4. The first-order valence-corrected chi connectivity index (χ1v) is 7.96. The van der Waals surface area contributed by atoms with E-state index in [2.05, 4.69) is 25.2 Å². The van der Waals surface area contributed by atoms with Gasteiger partial charge in [0, 0.05) is 6.04 Å². The van der Waals surface area contributed by atoms with Gasteiger partial charge < -0.3 is 10.1 Å². The van der Waals surface area contributed by atoms with Gasteiger partial charge in [-0.1, -0.05) is 32.8 Å². The molecule has 0 radical (unpaired) electrons. The molecule has 1 aromatic rings. The number of aryl methyl sites for hydroxylation is 2. The van der Waals surface area contributed by atoms with Crippen LogP contribution in [0.3, 0.4) is 0 Å². The summed E-state index contributed by atoms with van der Waals surface area (Å²) in [5.41, 5.74) is 2.31. The van der Waals surface area contributed by atoms with Crippen molar-refractivity contribution in [3.63, 3.8) is 0 Å². The van der Waals surface area contributed by atoms with Crippen molar-refractivity contribution < 1.29 is 9.53 Å². The summed E-state index contributed by atoms with van der Waals surface area (Å²) in [6.45, 7) is 8.67. The third kappa shape index (κ3) is 4.48. The summed E-state index contributed by atoms with van der Waals surface area (Å²) in [6.07, 6.45) is 3.56. The van der Waals surface area contributed by atoms with Crippen LogP contribution in [-0.4, -0.2) is 18.6 Å². The highest BCUT2D eigenvalue weighted by atomic mass is 16.5. The second-order valence-electron chi connectivity index (χ2n) is 6.55. The molecule has 1 aliphatic carbocycles. The molecule has 0 heterocycles. The lowest BCUT2D eigenvalue weighted by Gasteiger charge is -2.34. The van der Waals surface area contributed by atoms with Gasteiger partial charge >= 0.3 is 0 Å². The largest absolute Gasteiger partial charge is 0.484 e. The minimum absolute atomic E-state index is 0.0138. The van der Waals surface area contributed by atoms with Crippen LogP contribution in [0.4, 0.5) is 0 Å². The van der Waals surface area contributed by atoms with E-state index in [0.29, 0.717) is 17.9 Å². The molecule has 1 N–H and O–H groups in total. The van der Waals surface area contributed by atoms with Crippen LogP contribution in [0.2, 0.25) is 0 Å². The zero-order chi connectivity index (χ0) is 15.4. The van der Waals surface area contributed by atoms with Crippen molar-refractivity contribution in [1.82, 2.24) is 5.32 Å². The number of nitrogens with one attached hydrogen (secondary N) is 1. The van der Waals surface area contributed by atoms with Gasteiger partial charge in [-0.05, 0) is 55.4 Å². The van der Waals surface area contributed by atoms with Gasteiger partial charge in [0.05, 0.1) is 0 Å². The predicted octanol–water partition coefficient (Wildman–Crippen LogP) is 3.62. The summed E-state index contributed by atoms with van der Waals surface area (Å²) in [5.74, 6) is 1.99. The Morgan fingerprint density at radius 3 is 2.52 bits per heavy atom. The Bertz CT molecular complexity index is 478. The van der Waals surface area contributed by atoms with Crippen molar-refractivity contribution in [3.8, 4) is 5.75 Å². The summed E-state index contributed by atoms with van der Waals surface area (Å²) < 4.78 is 5.62. The summed E-state index contributed by atoms with van der Waals surface area (Å²) in [6, 6.07) is 6.32. The highest BCUT2D eigenvalue weighted by molar-refractivity contribution is 5.77. The molecule has 3 nitrogen and oxygen atoms in total. The average molecular weight is 289 g/mol. The van der Waals surface area contributed by atoms with Crippen LogP contribution in [0.25, 0.3) is 0 Å². The van der Waals surface area contributed by atoms with Gasteiger partial charge in [0.1, 0.15) is 5.75 Å². The summed E-state index contributed by atoms with van der Waals surface area (Å²) in [4.78, 5) is 12.1. The smallest absolute Gasteiger partial charge is 0.258 e. The fourth-order valence-corrected chi connectivity index (χ4v) is 3.20. The Hall–Kier alpha value is -1.51. The van der Waals surface area contributed by atoms with Gasteiger partial charge in [-0.3, -0.25) is 4.79 Å². The number of benzene rings is 1. The minimum atomic E-state index is -0.0138. The molecule has 0 unspecified atom stereocenters. The highest BCUT2D eigenvalue weighted by Crippen LogP contribution is 2.29. The Kier molecular flexibility index (Phi) is 5.27. The second-order valence-corrected chi connectivity index (χ2v) is 6.55. The maximum atomic E-state index is 12.1. The van der Waals surface area contributed by atoms with E-state index in [4.69, 9.17) is 4.74 Å². The molecule has 1 fully saturated rings. The maximum Gasteiger partial charge on any atom is 0.258 e. The van der Waals surface area contributed by atoms with Crippen molar-refractivity contribution in [3.05, 3.63) is 29.3 Å². The van der Waals surface area contributed by atoms with Crippen LogP contribution >= 0.6 is 0 Å². The van der Waals surface area contributed by atoms with Crippen LogP contribution in [0.5, 0.6) is 5.75 Å². The Morgan fingerprint density at radius 1 is 1.19 bits per heavy atom. The summed E-state index contributed by atoms with van der Waals surface area (Å²) in [7, 11) is 0. The molecule has 1 saturated carbocycles. The molecular formula is C18H27NO2. The molecule has 0 saturated heterocycles. The zero-order valence-corrected chi connectivity index (χ0v) is 13.6. The molecule has 0 aliphatic heterocycles. The lowest BCUT2D eigenvalue weighted by Crippen LogP contribution is -2.45. The van der Waals surface area contributed by atoms with Crippen molar-refractivity contribution >= 4 is 5.91 Å². The van der Waals surface area contributed by atoms with Crippen LogP contribution in [0.15, 0.2) is 18.2 Å². The number of hydrogen-bond donors (Lipinski definition) is 1. The van der Waals surface area contributed by atoms with Gasteiger partial charge in [-0.25, -0.2) is 0 Å². The fraction of sp³-hybridized carbons (Fsp3) is 0.611. The molecule has 21 heavy (non-hydrogen) atoms. The second kappa shape index (κ2) is 6.97. The van der Waals surface area contributed by atoms with Gasteiger partial charge in [-0.15, -0.1) is 0 Å². The molecule has 3 atom stereocenters. The Morgan fingerprint density at radius 2 is 1.86 bits per heavy atom.